The van der Waals surface area contributed by atoms with Gasteiger partial charge in [0.05, 0.1) is 23.3 Å². The lowest BCUT2D eigenvalue weighted by molar-refractivity contribution is -0.226. The SMILES string of the molecule is FC(F)(F)[C@]12CCC[C@H]1CN(Cc1cnnn1C1CC1)C2. The lowest BCUT2D eigenvalue weighted by Crippen LogP contribution is -2.42. The van der Waals surface area contributed by atoms with Crippen LogP contribution < -0.4 is 0 Å². The molecule has 3 aliphatic rings. The average Bonchev–Trinajstić information content (AvgIpc) is 2.83. The van der Waals surface area contributed by atoms with Gasteiger partial charge in [0.25, 0.3) is 0 Å². The summed E-state index contributed by atoms with van der Waals surface area (Å²) in [6, 6.07) is 0.418. The number of aromatic nitrogens is 3. The van der Waals surface area contributed by atoms with Gasteiger partial charge in [-0.3, -0.25) is 4.90 Å². The Morgan fingerprint density at radius 3 is 2.76 bits per heavy atom. The Kier molecular flexibility index (Phi) is 2.87. The van der Waals surface area contributed by atoms with Crippen molar-refractivity contribution in [2.75, 3.05) is 13.1 Å². The highest BCUT2D eigenvalue weighted by molar-refractivity contribution is 5.07. The molecule has 1 aromatic rings. The minimum Gasteiger partial charge on any atom is -0.296 e. The van der Waals surface area contributed by atoms with E-state index in [1.807, 2.05) is 9.58 Å². The van der Waals surface area contributed by atoms with Gasteiger partial charge in [0.1, 0.15) is 0 Å². The zero-order valence-electron chi connectivity index (χ0n) is 11.8. The number of nitrogens with zero attached hydrogens (tertiary/aromatic N) is 4. The van der Waals surface area contributed by atoms with Crippen LogP contribution in [-0.4, -0.2) is 39.2 Å². The van der Waals surface area contributed by atoms with E-state index in [2.05, 4.69) is 10.3 Å². The van der Waals surface area contributed by atoms with Gasteiger partial charge in [-0.25, -0.2) is 4.68 Å². The predicted molar refractivity (Wildman–Crippen MR) is 69.4 cm³/mol. The van der Waals surface area contributed by atoms with Crippen LogP contribution in [0.3, 0.4) is 0 Å². The molecule has 3 fully saturated rings. The smallest absolute Gasteiger partial charge is 0.296 e. The monoisotopic (exact) mass is 300 g/mol. The van der Waals surface area contributed by atoms with E-state index in [0.29, 0.717) is 32.0 Å². The molecular weight excluding hydrogens is 281 g/mol. The summed E-state index contributed by atoms with van der Waals surface area (Å²) in [7, 11) is 0. The third-order valence-corrected chi connectivity index (χ3v) is 5.43. The summed E-state index contributed by atoms with van der Waals surface area (Å²) in [6.07, 6.45) is 1.52. The van der Waals surface area contributed by atoms with Crippen molar-refractivity contribution in [2.24, 2.45) is 11.3 Å². The number of rotatable bonds is 3. The zero-order chi connectivity index (χ0) is 14.7. The van der Waals surface area contributed by atoms with E-state index in [0.717, 1.165) is 18.5 Å². The molecule has 0 unspecified atom stereocenters. The normalized spacial score (nSPS) is 33.6. The van der Waals surface area contributed by atoms with Gasteiger partial charge >= 0.3 is 6.18 Å². The lowest BCUT2D eigenvalue weighted by Gasteiger charge is -2.31. The molecule has 2 aliphatic carbocycles. The third-order valence-electron chi connectivity index (χ3n) is 5.43. The van der Waals surface area contributed by atoms with Crippen LogP contribution in [0.1, 0.15) is 43.8 Å². The summed E-state index contributed by atoms with van der Waals surface area (Å²) in [4.78, 5) is 1.95. The van der Waals surface area contributed by atoms with Crippen molar-refractivity contribution >= 4 is 0 Å². The van der Waals surface area contributed by atoms with Gasteiger partial charge in [0, 0.05) is 19.6 Å². The Hall–Kier alpha value is -1.11. The molecule has 0 bridgehead atoms. The summed E-state index contributed by atoms with van der Waals surface area (Å²) in [6.45, 7) is 1.23. The third kappa shape index (κ3) is 2.08. The molecule has 1 saturated heterocycles. The maximum absolute atomic E-state index is 13.5. The maximum Gasteiger partial charge on any atom is 0.396 e. The van der Waals surface area contributed by atoms with Gasteiger partial charge in [-0.05, 0) is 31.6 Å². The second-order valence-corrected chi connectivity index (χ2v) is 6.81. The van der Waals surface area contributed by atoms with Crippen molar-refractivity contribution in [1.29, 1.82) is 0 Å². The largest absolute Gasteiger partial charge is 0.396 e. The summed E-state index contributed by atoms with van der Waals surface area (Å²) in [5.41, 5.74) is -0.514. The Morgan fingerprint density at radius 1 is 1.29 bits per heavy atom. The second-order valence-electron chi connectivity index (χ2n) is 6.81. The van der Waals surface area contributed by atoms with Crippen LogP contribution in [0.5, 0.6) is 0 Å². The Balaban J connectivity index is 1.52. The van der Waals surface area contributed by atoms with E-state index < -0.39 is 11.6 Å². The number of halogens is 3. The van der Waals surface area contributed by atoms with Crippen molar-refractivity contribution in [1.82, 2.24) is 19.9 Å². The van der Waals surface area contributed by atoms with E-state index in [4.69, 9.17) is 0 Å². The second kappa shape index (κ2) is 4.44. The first-order valence-corrected chi connectivity index (χ1v) is 7.68. The molecule has 2 saturated carbocycles. The van der Waals surface area contributed by atoms with Crippen LogP contribution in [0.15, 0.2) is 6.20 Å². The van der Waals surface area contributed by atoms with Gasteiger partial charge in [-0.1, -0.05) is 11.6 Å². The van der Waals surface area contributed by atoms with E-state index in [9.17, 15) is 13.2 Å². The minimum absolute atomic E-state index is 0.136. The highest BCUT2D eigenvalue weighted by Gasteiger charge is 2.64. The molecular formula is C14H19F3N4. The van der Waals surface area contributed by atoms with E-state index in [1.54, 1.807) is 6.20 Å². The fourth-order valence-electron chi connectivity index (χ4n) is 4.21. The van der Waals surface area contributed by atoms with Crippen LogP contribution in [-0.2, 0) is 6.54 Å². The van der Waals surface area contributed by atoms with Gasteiger partial charge < -0.3 is 0 Å². The van der Waals surface area contributed by atoms with E-state index >= 15 is 0 Å². The Labute approximate surface area is 121 Å². The topological polar surface area (TPSA) is 34.0 Å². The lowest BCUT2D eigenvalue weighted by atomic mass is 9.80. The number of hydrogen-bond acceptors (Lipinski definition) is 3. The first-order valence-electron chi connectivity index (χ1n) is 7.68. The fourth-order valence-corrected chi connectivity index (χ4v) is 4.21. The van der Waals surface area contributed by atoms with Crippen molar-refractivity contribution < 1.29 is 13.2 Å². The van der Waals surface area contributed by atoms with Gasteiger partial charge in [-0.15, -0.1) is 5.10 Å². The number of fused-ring (bicyclic) bond motifs is 1. The highest BCUT2D eigenvalue weighted by Crippen LogP contribution is 2.57. The summed E-state index contributed by atoms with van der Waals surface area (Å²) in [5, 5.41) is 8.00. The van der Waals surface area contributed by atoms with E-state index in [1.165, 1.54) is 0 Å². The molecule has 0 amide bonds. The number of alkyl halides is 3. The van der Waals surface area contributed by atoms with Gasteiger partial charge in [-0.2, -0.15) is 13.2 Å². The standard InChI is InChI=1S/C14H19F3N4/c15-14(16,17)13-5-1-2-10(13)7-20(9-13)8-12-6-18-19-21(12)11-3-4-11/h6,10-11H,1-5,7-9H2/t10-,13-/m0/s1. The van der Waals surface area contributed by atoms with Gasteiger partial charge in [0.2, 0.25) is 0 Å². The summed E-state index contributed by atoms with van der Waals surface area (Å²) >= 11 is 0. The van der Waals surface area contributed by atoms with Crippen molar-refractivity contribution in [3.05, 3.63) is 11.9 Å². The molecule has 0 spiro atoms. The van der Waals surface area contributed by atoms with Crippen LogP contribution in [0, 0.1) is 11.3 Å². The Bertz CT molecular complexity index is 537. The first kappa shape index (κ1) is 13.5. The molecule has 2 atom stereocenters. The average molecular weight is 300 g/mol. The molecule has 0 radical (unpaired) electrons. The summed E-state index contributed by atoms with van der Waals surface area (Å²) < 4.78 is 42.5. The van der Waals surface area contributed by atoms with Crippen molar-refractivity contribution in [3.63, 3.8) is 0 Å². The van der Waals surface area contributed by atoms with Crippen LogP contribution in [0.4, 0.5) is 13.2 Å². The van der Waals surface area contributed by atoms with Gasteiger partial charge in [0.15, 0.2) is 0 Å². The quantitative estimate of drug-likeness (QED) is 0.861. The molecule has 0 aromatic carbocycles. The highest BCUT2D eigenvalue weighted by atomic mass is 19.4. The molecule has 1 aliphatic heterocycles. The van der Waals surface area contributed by atoms with Crippen molar-refractivity contribution in [2.45, 2.75) is 50.9 Å². The minimum atomic E-state index is -4.09. The summed E-state index contributed by atoms with van der Waals surface area (Å²) in [5.74, 6) is -0.234. The Morgan fingerprint density at radius 2 is 2.10 bits per heavy atom. The molecule has 116 valence electrons. The molecule has 4 rings (SSSR count). The van der Waals surface area contributed by atoms with Crippen LogP contribution in [0.2, 0.25) is 0 Å². The van der Waals surface area contributed by atoms with Crippen LogP contribution >= 0.6 is 0 Å². The maximum atomic E-state index is 13.5. The molecule has 1 aromatic heterocycles. The van der Waals surface area contributed by atoms with Crippen LogP contribution in [0.25, 0.3) is 0 Å². The fraction of sp³-hybridized carbons (Fsp3) is 0.857. The number of hydrogen-bond donors (Lipinski definition) is 0. The first-order chi connectivity index (χ1) is 9.99. The zero-order valence-corrected chi connectivity index (χ0v) is 11.8. The molecule has 0 N–H and O–H groups in total. The van der Waals surface area contributed by atoms with Crippen molar-refractivity contribution in [3.8, 4) is 0 Å². The van der Waals surface area contributed by atoms with E-state index in [-0.39, 0.29) is 18.9 Å². The molecule has 7 heteroatoms. The predicted octanol–water partition coefficient (Wildman–Crippen LogP) is 2.78. The molecule has 21 heavy (non-hydrogen) atoms. The number of likely N-dealkylation sites (tertiary alicyclic amines) is 1. The molecule has 2 heterocycles. The molecule has 4 nitrogen and oxygen atoms in total.